The summed E-state index contributed by atoms with van der Waals surface area (Å²) in [7, 11) is 0.228. The van der Waals surface area contributed by atoms with Gasteiger partial charge in [0.25, 0.3) is 0 Å². The van der Waals surface area contributed by atoms with Gasteiger partial charge in [-0.3, -0.25) is 0 Å². The molecule has 8 heteroatoms. The lowest BCUT2D eigenvalue weighted by Gasteiger charge is -2.24. The van der Waals surface area contributed by atoms with E-state index >= 15 is 0 Å². The van der Waals surface area contributed by atoms with E-state index in [1.165, 1.54) is 10.4 Å². The lowest BCUT2D eigenvalue weighted by atomic mass is 10.2. The molecule has 0 atom stereocenters. The molecule has 1 heterocycles. The quantitative estimate of drug-likeness (QED) is 0.628. The molecular weight excluding hydrogens is 380 g/mol. The molecule has 0 aliphatic carbocycles. The van der Waals surface area contributed by atoms with Crippen molar-refractivity contribution in [2.24, 2.45) is 5.92 Å². The highest BCUT2D eigenvalue weighted by atomic mass is 79.9. The summed E-state index contributed by atoms with van der Waals surface area (Å²) in [6.45, 7) is 5.54. The first kappa shape index (κ1) is 19.0. The molecule has 1 aromatic rings. The van der Waals surface area contributed by atoms with E-state index in [4.69, 9.17) is 16.0 Å². The largest absolute Gasteiger partial charge is 0.452 e. The Morgan fingerprint density at radius 1 is 1.33 bits per heavy atom. The monoisotopic (exact) mass is 400 g/mol. The molecule has 0 aliphatic rings. The van der Waals surface area contributed by atoms with Crippen molar-refractivity contribution >= 4 is 37.6 Å². The van der Waals surface area contributed by atoms with Crippen molar-refractivity contribution in [3.05, 3.63) is 16.5 Å². The minimum absolute atomic E-state index is 0.135. The van der Waals surface area contributed by atoms with Crippen LogP contribution in [-0.2, 0) is 15.9 Å². The van der Waals surface area contributed by atoms with Crippen molar-refractivity contribution in [1.29, 1.82) is 0 Å². The number of alkyl halides is 1. The van der Waals surface area contributed by atoms with Gasteiger partial charge >= 0.3 is 0 Å². The summed E-state index contributed by atoms with van der Waals surface area (Å²) in [5.74, 6) is 0.801. The van der Waals surface area contributed by atoms with Gasteiger partial charge in [0.05, 0.1) is 5.88 Å². The Morgan fingerprint density at radius 3 is 2.38 bits per heavy atom. The van der Waals surface area contributed by atoms with E-state index in [0.29, 0.717) is 25.4 Å². The second-order valence-electron chi connectivity index (χ2n) is 5.54. The van der Waals surface area contributed by atoms with E-state index in [1.807, 2.05) is 32.8 Å². The van der Waals surface area contributed by atoms with Crippen LogP contribution in [0.1, 0.15) is 19.6 Å². The molecule has 0 fully saturated rings. The van der Waals surface area contributed by atoms with Crippen molar-refractivity contribution in [1.82, 2.24) is 9.21 Å². The Labute approximate surface area is 140 Å². The van der Waals surface area contributed by atoms with Crippen LogP contribution in [0.25, 0.3) is 0 Å². The number of furan rings is 1. The molecule has 1 rings (SSSR count). The smallest absolute Gasteiger partial charge is 0.247 e. The van der Waals surface area contributed by atoms with Crippen LogP contribution < -0.4 is 0 Å². The maximum absolute atomic E-state index is 12.8. The molecule has 0 unspecified atom stereocenters. The van der Waals surface area contributed by atoms with Crippen LogP contribution >= 0.6 is 27.5 Å². The fraction of sp³-hybridized carbons (Fsp3) is 0.692. The van der Waals surface area contributed by atoms with Crippen LogP contribution in [0.2, 0.25) is 0 Å². The number of hydrogen-bond acceptors (Lipinski definition) is 4. The molecule has 0 aromatic carbocycles. The Hall–Kier alpha value is -0.0800. The molecule has 1 aromatic heterocycles. The van der Waals surface area contributed by atoms with Gasteiger partial charge in [-0.05, 0) is 35.9 Å². The Balaban J connectivity index is 3.09. The van der Waals surface area contributed by atoms with Crippen LogP contribution in [0, 0.1) is 5.92 Å². The lowest BCUT2D eigenvalue weighted by molar-refractivity contribution is 0.312. The first-order valence-electron chi connectivity index (χ1n) is 6.67. The first-order valence-corrected chi connectivity index (χ1v) is 9.44. The predicted octanol–water partition coefficient (Wildman–Crippen LogP) is 2.99. The average molecular weight is 402 g/mol. The zero-order valence-corrected chi connectivity index (χ0v) is 15.9. The number of sulfonamides is 1. The van der Waals surface area contributed by atoms with Crippen LogP contribution in [0.15, 0.2) is 20.0 Å². The molecule has 0 saturated carbocycles. The van der Waals surface area contributed by atoms with Gasteiger partial charge in [-0.2, -0.15) is 4.31 Å². The van der Waals surface area contributed by atoms with Gasteiger partial charge in [-0.25, -0.2) is 8.42 Å². The summed E-state index contributed by atoms with van der Waals surface area (Å²) < 4.78 is 32.6. The molecule has 5 nitrogen and oxygen atoms in total. The summed E-state index contributed by atoms with van der Waals surface area (Å²) >= 11 is 8.87. The third-order valence-electron chi connectivity index (χ3n) is 2.82. The predicted molar refractivity (Wildman–Crippen MR) is 88.1 cm³/mol. The van der Waals surface area contributed by atoms with Crippen LogP contribution in [0.4, 0.5) is 0 Å². The normalized spacial score (nSPS) is 12.8. The minimum atomic E-state index is -3.60. The summed E-state index contributed by atoms with van der Waals surface area (Å²) in [5.41, 5.74) is 0. The second kappa shape index (κ2) is 7.97. The molecule has 21 heavy (non-hydrogen) atoms. The van der Waals surface area contributed by atoms with Crippen molar-refractivity contribution in [3.63, 3.8) is 0 Å². The molecule has 0 N–H and O–H groups in total. The van der Waals surface area contributed by atoms with Crippen LogP contribution in [0.5, 0.6) is 0 Å². The van der Waals surface area contributed by atoms with Crippen molar-refractivity contribution in [3.8, 4) is 0 Å². The highest BCUT2D eigenvalue weighted by Gasteiger charge is 2.29. The molecule has 0 saturated heterocycles. The Morgan fingerprint density at radius 2 is 1.95 bits per heavy atom. The zero-order valence-electron chi connectivity index (χ0n) is 12.8. The van der Waals surface area contributed by atoms with E-state index in [-0.39, 0.29) is 21.4 Å². The first-order chi connectivity index (χ1) is 9.68. The van der Waals surface area contributed by atoms with Crippen LogP contribution in [0.3, 0.4) is 0 Å². The maximum atomic E-state index is 12.8. The highest BCUT2D eigenvalue weighted by Crippen LogP contribution is 2.29. The molecule has 0 amide bonds. The number of likely N-dealkylation sites (N-methyl/N-ethyl adjacent to an activating group) is 1. The van der Waals surface area contributed by atoms with E-state index < -0.39 is 10.0 Å². The second-order valence-corrected chi connectivity index (χ2v) is 8.44. The lowest BCUT2D eigenvalue weighted by Crippen LogP contribution is -2.38. The molecule has 0 aliphatic heterocycles. The summed E-state index contributed by atoms with van der Waals surface area (Å²) in [6, 6.07) is 1.48. The number of nitrogens with zero attached hydrogens (tertiary/aromatic N) is 2. The number of halogens is 2. The van der Waals surface area contributed by atoms with Gasteiger partial charge in [0.2, 0.25) is 10.0 Å². The standard InChI is InChI=1S/C13H22BrClN2O3S/c1-10(2)9-17(6-5-16(3)4)21(18,19)12-7-11(8-15)20-13(12)14/h7,10H,5-6,8-9H2,1-4H3. The third-order valence-corrected chi connectivity index (χ3v) is 5.81. The third kappa shape index (κ3) is 5.25. The zero-order chi connectivity index (χ0) is 16.2. The van der Waals surface area contributed by atoms with Crippen molar-refractivity contribution in [2.45, 2.75) is 24.6 Å². The molecule has 0 radical (unpaired) electrons. The SMILES string of the molecule is CC(C)CN(CCN(C)C)S(=O)(=O)c1cc(CCl)oc1Br. The molecular formula is C13H22BrClN2O3S. The van der Waals surface area contributed by atoms with E-state index in [2.05, 4.69) is 15.9 Å². The number of hydrogen-bond donors (Lipinski definition) is 0. The van der Waals surface area contributed by atoms with E-state index in [9.17, 15) is 8.42 Å². The van der Waals surface area contributed by atoms with Gasteiger partial charge in [0, 0.05) is 25.7 Å². The summed E-state index contributed by atoms with van der Waals surface area (Å²) in [5, 5.41) is 0. The van der Waals surface area contributed by atoms with Crippen LogP contribution in [-0.4, -0.2) is 51.4 Å². The van der Waals surface area contributed by atoms with Crippen molar-refractivity contribution < 1.29 is 12.8 Å². The topological polar surface area (TPSA) is 53.8 Å². The van der Waals surface area contributed by atoms with E-state index in [0.717, 1.165) is 0 Å². The Bertz CT molecular complexity index is 558. The van der Waals surface area contributed by atoms with Gasteiger partial charge < -0.3 is 9.32 Å². The van der Waals surface area contributed by atoms with E-state index in [1.54, 1.807) is 0 Å². The van der Waals surface area contributed by atoms with Gasteiger partial charge in [0.15, 0.2) is 4.67 Å². The Kier molecular flexibility index (Phi) is 7.19. The maximum Gasteiger partial charge on any atom is 0.247 e. The fourth-order valence-corrected chi connectivity index (χ4v) is 4.49. The van der Waals surface area contributed by atoms with Crippen molar-refractivity contribution in [2.75, 3.05) is 33.7 Å². The average Bonchev–Trinajstić information content (AvgIpc) is 2.75. The fourth-order valence-electron chi connectivity index (χ4n) is 1.81. The molecule has 122 valence electrons. The summed E-state index contributed by atoms with van der Waals surface area (Å²) in [6.07, 6.45) is 0. The molecule has 0 spiro atoms. The molecule has 0 bridgehead atoms. The minimum Gasteiger partial charge on any atom is -0.452 e. The number of rotatable bonds is 8. The summed E-state index contributed by atoms with van der Waals surface area (Å²) in [4.78, 5) is 2.09. The van der Waals surface area contributed by atoms with Gasteiger partial charge in [-0.1, -0.05) is 13.8 Å². The van der Waals surface area contributed by atoms with Gasteiger partial charge in [-0.15, -0.1) is 11.6 Å². The van der Waals surface area contributed by atoms with Gasteiger partial charge in [0.1, 0.15) is 10.7 Å². The highest BCUT2D eigenvalue weighted by molar-refractivity contribution is 9.10.